The van der Waals surface area contributed by atoms with Gasteiger partial charge in [0.05, 0.1) is 11.4 Å². The molecule has 0 unspecified atom stereocenters. The summed E-state index contributed by atoms with van der Waals surface area (Å²) in [4.78, 5) is 0. The minimum atomic E-state index is -0.577. The molecule has 3 rings (SSSR count). The maximum atomic E-state index is 12.4. The number of benzene rings is 1. The number of hydrogen-bond acceptors (Lipinski definition) is 2. The van der Waals surface area contributed by atoms with Gasteiger partial charge in [-0.3, -0.25) is 9.36 Å². The molecule has 2 heterocycles. The number of para-hydroxylation sites is 1. The first-order chi connectivity index (χ1) is 8.86. The summed E-state index contributed by atoms with van der Waals surface area (Å²) in [6.45, 7) is -0.577. The van der Waals surface area contributed by atoms with Crippen LogP contribution in [-0.4, -0.2) is 19.6 Å². The number of nitrogens with zero attached hydrogens (tertiary/aromatic N) is 4. The first-order valence-corrected chi connectivity index (χ1v) is 5.50. The third kappa shape index (κ3) is 2.80. The Hall–Kier alpha value is -1.78. The quantitative estimate of drug-likeness (QED) is 0.595. The fraction of sp³-hybridized carbons (Fsp3) is 0.0769. The van der Waals surface area contributed by atoms with Crippen molar-refractivity contribution in [2.75, 3.05) is 0 Å². The Kier molecular flexibility index (Phi) is 4.24. The Morgan fingerprint density at radius 3 is 2.53 bits per heavy atom. The van der Waals surface area contributed by atoms with Crippen LogP contribution in [0.2, 0.25) is 0 Å². The molecule has 0 atom stereocenters. The molecule has 0 amide bonds. The van der Waals surface area contributed by atoms with Gasteiger partial charge in [-0.2, -0.15) is 10.2 Å². The second-order valence-corrected chi connectivity index (χ2v) is 3.76. The Balaban J connectivity index is 0.00000133. The largest absolute Gasteiger partial charge is 0.404 e. The summed E-state index contributed by atoms with van der Waals surface area (Å²) in [5.41, 5.74) is 1.33. The monoisotopic (exact) mass is 434 g/mol. The minimum Gasteiger partial charge on any atom is -0.404 e. The van der Waals surface area contributed by atoms with E-state index in [1.54, 1.807) is 23.1 Å². The zero-order valence-electron chi connectivity index (χ0n) is 9.83. The molecule has 0 spiro atoms. The fourth-order valence-electron chi connectivity index (χ4n) is 1.65. The van der Waals surface area contributed by atoms with Crippen LogP contribution in [0.4, 0.5) is 4.39 Å². The van der Waals surface area contributed by atoms with Gasteiger partial charge in [-0.15, -0.1) is 6.20 Å². The summed E-state index contributed by atoms with van der Waals surface area (Å²) < 4.78 is 15.6. The molecular formula is C13H10FIrN4-. The molecule has 0 N–H and O–H groups in total. The van der Waals surface area contributed by atoms with Crippen molar-refractivity contribution in [3.8, 4) is 11.5 Å². The molecule has 19 heavy (non-hydrogen) atoms. The van der Waals surface area contributed by atoms with E-state index in [0.29, 0.717) is 11.5 Å². The standard InChI is InChI=1S/C13H10FN4.Ir/c14-10-11-6-8-18(15-11)13-7-9-17(16-13)12-4-2-1-3-5-12;/h1-6,8-9H,10H2;/q-1;. The van der Waals surface area contributed by atoms with Crippen LogP contribution in [-0.2, 0) is 26.8 Å². The van der Waals surface area contributed by atoms with Crippen molar-refractivity contribution < 1.29 is 24.5 Å². The summed E-state index contributed by atoms with van der Waals surface area (Å²) in [5, 5.41) is 8.38. The van der Waals surface area contributed by atoms with Crippen LogP contribution < -0.4 is 0 Å². The predicted octanol–water partition coefficient (Wildman–Crippen LogP) is 2.33. The van der Waals surface area contributed by atoms with Crippen LogP contribution in [0.3, 0.4) is 0 Å². The van der Waals surface area contributed by atoms with Gasteiger partial charge < -0.3 is 6.07 Å². The molecule has 0 aliphatic carbocycles. The summed E-state index contributed by atoms with van der Waals surface area (Å²) in [7, 11) is 0. The first-order valence-electron chi connectivity index (χ1n) is 5.50. The zero-order valence-corrected chi connectivity index (χ0v) is 12.2. The SMILES string of the molecule is FCc1ccn(-c2[c-]cn(-c3ccccc3)n2)n1.[Ir]. The zero-order chi connectivity index (χ0) is 12.4. The van der Waals surface area contributed by atoms with Gasteiger partial charge in [0, 0.05) is 26.3 Å². The van der Waals surface area contributed by atoms with Crippen LogP contribution in [0, 0.1) is 6.07 Å². The molecule has 0 bridgehead atoms. The van der Waals surface area contributed by atoms with E-state index in [-0.39, 0.29) is 20.1 Å². The molecule has 4 nitrogen and oxygen atoms in total. The molecule has 3 aromatic rings. The van der Waals surface area contributed by atoms with E-state index in [2.05, 4.69) is 16.3 Å². The van der Waals surface area contributed by atoms with Crippen LogP contribution in [0.15, 0.2) is 48.8 Å². The van der Waals surface area contributed by atoms with Gasteiger partial charge in [-0.1, -0.05) is 18.2 Å². The molecule has 1 aromatic carbocycles. The van der Waals surface area contributed by atoms with Gasteiger partial charge in [-0.25, -0.2) is 4.39 Å². The van der Waals surface area contributed by atoms with Crippen LogP contribution >= 0.6 is 0 Å². The Morgan fingerprint density at radius 1 is 1.05 bits per heavy atom. The van der Waals surface area contributed by atoms with Crippen LogP contribution in [0.5, 0.6) is 0 Å². The molecule has 2 aromatic heterocycles. The summed E-state index contributed by atoms with van der Waals surface area (Å²) in [6.07, 6.45) is 3.39. The Morgan fingerprint density at radius 2 is 1.84 bits per heavy atom. The molecule has 0 aliphatic heterocycles. The van der Waals surface area contributed by atoms with Crippen molar-refractivity contribution in [1.29, 1.82) is 0 Å². The van der Waals surface area contributed by atoms with Crippen molar-refractivity contribution in [3.63, 3.8) is 0 Å². The van der Waals surface area contributed by atoms with Gasteiger partial charge in [0.2, 0.25) is 0 Å². The molecule has 0 fully saturated rings. The maximum Gasteiger partial charge on any atom is 0.133 e. The van der Waals surface area contributed by atoms with Crippen molar-refractivity contribution >= 4 is 0 Å². The maximum absolute atomic E-state index is 12.4. The predicted molar refractivity (Wildman–Crippen MR) is 64.3 cm³/mol. The molecule has 0 aliphatic rings. The molecule has 0 saturated carbocycles. The van der Waals surface area contributed by atoms with E-state index in [0.717, 1.165) is 5.69 Å². The van der Waals surface area contributed by atoms with E-state index < -0.39 is 6.67 Å². The van der Waals surface area contributed by atoms with Crippen LogP contribution in [0.1, 0.15) is 5.69 Å². The topological polar surface area (TPSA) is 35.6 Å². The Bertz CT molecular complexity index is 647. The molecule has 1 radical (unpaired) electrons. The smallest absolute Gasteiger partial charge is 0.133 e. The molecular weight excluding hydrogens is 423 g/mol. The van der Waals surface area contributed by atoms with Crippen molar-refractivity contribution in [3.05, 3.63) is 60.6 Å². The summed E-state index contributed by atoms with van der Waals surface area (Å²) in [5.74, 6) is 0.540. The van der Waals surface area contributed by atoms with E-state index in [9.17, 15) is 4.39 Å². The number of hydrogen-bond donors (Lipinski definition) is 0. The van der Waals surface area contributed by atoms with E-state index in [4.69, 9.17) is 0 Å². The van der Waals surface area contributed by atoms with Gasteiger partial charge in [0.1, 0.15) is 6.67 Å². The van der Waals surface area contributed by atoms with Crippen molar-refractivity contribution in [2.24, 2.45) is 0 Å². The van der Waals surface area contributed by atoms with E-state index in [1.165, 1.54) is 4.68 Å². The molecule has 99 valence electrons. The Labute approximate surface area is 123 Å². The van der Waals surface area contributed by atoms with Gasteiger partial charge in [0.15, 0.2) is 0 Å². The summed E-state index contributed by atoms with van der Waals surface area (Å²) in [6, 6.07) is 14.3. The first kappa shape index (κ1) is 13.6. The average Bonchev–Trinajstić information content (AvgIpc) is 3.08. The summed E-state index contributed by atoms with van der Waals surface area (Å²) >= 11 is 0. The second kappa shape index (κ2) is 5.91. The minimum absolute atomic E-state index is 0. The molecule has 6 heteroatoms. The number of aromatic nitrogens is 4. The normalized spacial score (nSPS) is 10.2. The average molecular weight is 433 g/mol. The van der Waals surface area contributed by atoms with Gasteiger partial charge >= 0.3 is 0 Å². The van der Waals surface area contributed by atoms with Gasteiger partial charge in [-0.05, 0) is 24.0 Å². The second-order valence-electron chi connectivity index (χ2n) is 3.76. The number of alkyl halides is 1. The van der Waals surface area contributed by atoms with E-state index >= 15 is 0 Å². The van der Waals surface area contributed by atoms with Gasteiger partial charge in [0.25, 0.3) is 0 Å². The number of rotatable bonds is 3. The van der Waals surface area contributed by atoms with Crippen LogP contribution in [0.25, 0.3) is 11.5 Å². The van der Waals surface area contributed by atoms with Crippen molar-refractivity contribution in [2.45, 2.75) is 6.67 Å². The van der Waals surface area contributed by atoms with Crippen molar-refractivity contribution in [1.82, 2.24) is 19.6 Å². The van der Waals surface area contributed by atoms with E-state index in [1.807, 2.05) is 30.3 Å². The number of halogens is 1. The third-order valence-corrected chi connectivity index (χ3v) is 2.54. The fourth-order valence-corrected chi connectivity index (χ4v) is 1.65. The third-order valence-electron chi connectivity index (χ3n) is 2.54. The molecule has 0 saturated heterocycles.